The van der Waals surface area contributed by atoms with E-state index >= 15 is 0 Å². The van der Waals surface area contributed by atoms with E-state index in [4.69, 9.17) is 29.6 Å². The Bertz CT molecular complexity index is 312. The van der Waals surface area contributed by atoms with E-state index < -0.39 is 0 Å². The number of thiocarbonyl (C=S) groups is 1. The predicted octanol–water partition coefficient (Wildman–Crippen LogP) is 2.30. The molecule has 1 aromatic carbocycles. The van der Waals surface area contributed by atoms with Gasteiger partial charge in [0.25, 0.3) is 0 Å². The van der Waals surface area contributed by atoms with E-state index in [9.17, 15) is 0 Å². The highest BCUT2D eigenvalue weighted by Crippen LogP contribution is 2.18. The quantitative estimate of drug-likeness (QED) is 0.684. The van der Waals surface area contributed by atoms with Crippen LogP contribution in [0.1, 0.15) is 5.56 Å². The number of halogens is 1. The third kappa shape index (κ3) is 2.36. The molecule has 0 bridgehead atoms. The first-order valence-electron chi connectivity index (χ1n) is 3.42. The number of nitrogens with two attached hydrogens (primary N) is 1. The molecule has 4 heteroatoms. The molecule has 0 aliphatic heterocycles. The van der Waals surface area contributed by atoms with Crippen LogP contribution >= 0.6 is 23.8 Å². The summed E-state index contributed by atoms with van der Waals surface area (Å²) in [4.78, 5) is 0. The minimum atomic E-state index is 0.264. The maximum absolute atomic E-state index is 5.76. The minimum Gasteiger partial charge on any atom is -0.376 e. The molecule has 0 aliphatic rings. The zero-order chi connectivity index (χ0) is 9.14. The molecule has 0 radical (unpaired) electrons. The van der Waals surface area contributed by atoms with Crippen LogP contribution in [0.3, 0.4) is 0 Å². The number of hydrogen-bond acceptors (Lipinski definition) is 1. The minimum absolute atomic E-state index is 0.264. The predicted molar refractivity (Wildman–Crippen MR) is 56.6 cm³/mol. The second kappa shape index (κ2) is 3.74. The number of hydrogen-bond donors (Lipinski definition) is 2. The SMILES string of the molecule is Cc1cc(Cl)ccc1NC(N)=S. The lowest BCUT2D eigenvalue weighted by atomic mass is 10.2. The van der Waals surface area contributed by atoms with E-state index in [0.717, 1.165) is 11.3 Å². The van der Waals surface area contributed by atoms with Crippen LogP contribution < -0.4 is 11.1 Å². The summed E-state index contributed by atoms with van der Waals surface area (Å²) in [5.41, 5.74) is 7.24. The van der Waals surface area contributed by atoms with E-state index in [0.29, 0.717) is 5.02 Å². The Morgan fingerprint density at radius 3 is 2.75 bits per heavy atom. The monoisotopic (exact) mass is 200 g/mol. The van der Waals surface area contributed by atoms with Gasteiger partial charge in [-0.3, -0.25) is 0 Å². The number of anilines is 1. The number of rotatable bonds is 1. The molecule has 1 rings (SSSR count). The maximum Gasteiger partial charge on any atom is 0.168 e. The molecule has 0 aliphatic carbocycles. The first-order chi connectivity index (χ1) is 5.59. The molecule has 64 valence electrons. The highest BCUT2D eigenvalue weighted by atomic mass is 35.5. The van der Waals surface area contributed by atoms with Crippen molar-refractivity contribution in [2.24, 2.45) is 5.73 Å². The van der Waals surface area contributed by atoms with E-state index in [-0.39, 0.29) is 5.11 Å². The molecule has 0 fully saturated rings. The van der Waals surface area contributed by atoms with Gasteiger partial charge in [0.05, 0.1) is 0 Å². The molecule has 12 heavy (non-hydrogen) atoms. The second-order valence-corrected chi connectivity index (χ2v) is 3.32. The number of nitrogens with one attached hydrogen (secondary N) is 1. The van der Waals surface area contributed by atoms with Gasteiger partial charge in [0.1, 0.15) is 0 Å². The lowest BCUT2D eigenvalue weighted by molar-refractivity contribution is 1.45. The Kier molecular flexibility index (Phi) is 2.89. The van der Waals surface area contributed by atoms with E-state index in [1.807, 2.05) is 19.1 Å². The summed E-state index contributed by atoms with van der Waals surface area (Å²) in [5, 5.41) is 3.82. The van der Waals surface area contributed by atoms with Gasteiger partial charge < -0.3 is 11.1 Å². The fraction of sp³-hybridized carbons (Fsp3) is 0.125. The van der Waals surface area contributed by atoms with Gasteiger partial charge in [-0.2, -0.15) is 0 Å². The standard InChI is InChI=1S/C8H9ClN2S/c1-5-4-6(9)2-3-7(5)11-8(10)12/h2-4H,1H3,(H3,10,11,12). The molecule has 0 saturated carbocycles. The molecular weight excluding hydrogens is 192 g/mol. The van der Waals surface area contributed by atoms with Gasteiger partial charge in [-0.15, -0.1) is 0 Å². The fourth-order valence-electron chi connectivity index (χ4n) is 0.900. The smallest absolute Gasteiger partial charge is 0.168 e. The van der Waals surface area contributed by atoms with Crippen molar-refractivity contribution in [3.8, 4) is 0 Å². The topological polar surface area (TPSA) is 38.0 Å². The fourth-order valence-corrected chi connectivity index (χ4v) is 1.24. The molecule has 3 N–H and O–H groups in total. The lowest BCUT2D eigenvalue weighted by Gasteiger charge is -2.06. The molecule has 0 amide bonds. The second-order valence-electron chi connectivity index (χ2n) is 2.45. The molecular formula is C8H9ClN2S. The summed E-state index contributed by atoms with van der Waals surface area (Å²) < 4.78 is 0. The van der Waals surface area contributed by atoms with Crippen LogP contribution in [-0.4, -0.2) is 5.11 Å². The molecule has 0 saturated heterocycles. The van der Waals surface area contributed by atoms with Crippen molar-refractivity contribution in [2.75, 3.05) is 5.32 Å². The first-order valence-corrected chi connectivity index (χ1v) is 4.21. The Hall–Kier alpha value is -0.800. The molecule has 0 aromatic heterocycles. The van der Waals surface area contributed by atoms with Crippen LogP contribution in [0.15, 0.2) is 18.2 Å². The van der Waals surface area contributed by atoms with Crippen molar-refractivity contribution in [3.63, 3.8) is 0 Å². The van der Waals surface area contributed by atoms with Crippen molar-refractivity contribution in [1.29, 1.82) is 0 Å². The van der Waals surface area contributed by atoms with Crippen LogP contribution in [0.5, 0.6) is 0 Å². The average Bonchev–Trinajstić information content (AvgIpc) is 1.94. The van der Waals surface area contributed by atoms with Crippen LogP contribution in [-0.2, 0) is 0 Å². The van der Waals surface area contributed by atoms with Gasteiger partial charge in [0.15, 0.2) is 5.11 Å². The summed E-state index contributed by atoms with van der Waals surface area (Å²) in [7, 11) is 0. The van der Waals surface area contributed by atoms with Gasteiger partial charge in [-0.05, 0) is 42.9 Å². The summed E-state index contributed by atoms with van der Waals surface area (Å²) in [5.74, 6) is 0. The third-order valence-electron chi connectivity index (χ3n) is 1.45. The highest BCUT2D eigenvalue weighted by molar-refractivity contribution is 7.80. The summed E-state index contributed by atoms with van der Waals surface area (Å²) >= 11 is 10.5. The van der Waals surface area contributed by atoms with Crippen molar-refractivity contribution in [2.45, 2.75) is 6.92 Å². The summed E-state index contributed by atoms with van der Waals surface area (Å²) in [6.45, 7) is 1.94. The van der Waals surface area contributed by atoms with Gasteiger partial charge in [-0.25, -0.2) is 0 Å². The highest BCUT2D eigenvalue weighted by Gasteiger charge is 1.98. The van der Waals surface area contributed by atoms with Gasteiger partial charge in [-0.1, -0.05) is 11.6 Å². The van der Waals surface area contributed by atoms with E-state index in [1.165, 1.54) is 0 Å². The Morgan fingerprint density at radius 1 is 1.58 bits per heavy atom. The summed E-state index contributed by atoms with van der Waals surface area (Å²) in [6, 6.07) is 5.48. The molecule has 1 aromatic rings. The van der Waals surface area contributed by atoms with E-state index in [2.05, 4.69) is 5.32 Å². The molecule has 0 unspecified atom stereocenters. The van der Waals surface area contributed by atoms with Gasteiger partial charge in [0, 0.05) is 10.7 Å². The first kappa shape index (κ1) is 9.29. The lowest BCUT2D eigenvalue weighted by Crippen LogP contribution is -2.19. The Morgan fingerprint density at radius 2 is 2.25 bits per heavy atom. The third-order valence-corrected chi connectivity index (χ3v) is 1.78. The Balaban J connectivity index is 2.93. The average molecular weight is 201 g/mol. The molecule has 0 spiro atoms. The zero-order valence-corrected chi connectivity index (χ0v) is 8.17. The van der Waals surface area contributed by atoms with Gasteiger partial charge >= 0.3 is 0 Å². The van der Waals surface area contributed by atoms with Crippen LogP contribution in [0.25, 0.3) is 0 Å². The van der Waals surface area contributed by atoms with Crippen molar-refractivity contribution < 1.29 is 0 Å². The largest absolute Gasteiger partial charge is 0.376 e. The maximum atomic E-state index is 5.76. The molecule has 0 heterocycles. The Labute approximate surface area is 81.7 Å². The van der Waals surface area contributed by atoms with Crippen molar-refractivity contribution >= 4 is 34.6 Å². The van der Waals surface area contributed by atoms with Crippen molar-refractivity contribution in [3.05, 3.63) is 28.8 Å². The zero-order valence-electron chi connectivity index (χ0n) is 6.60. The van der Waals surface area contributed by atoms with Crippen LogP contribution in [0, 0.1) is 6.92 Å². The number of benzene rings is 1. The molecule has 0 atom stereocenters. The van der Waals surface area contributed by atoms with E-state index in [1.54, 1.807) is 6.07 Å². The van der Waals surface area contributed by atoms with Gasteiger partial charge in [0.2, 0.25) is 0 Å². The number of aryl methyl sites for hydroxylation is 1. The van der Waals surface area contributed by atoms with Crippen LogP contribution in [0.2, 0.25) is 5.02 Å². The molecule has 2 nitrogen and oxygen atoms in total. The van der Waals surface area contributed by atoms with Crippen molar-refractivity contribution in [1.82, 2.24) is 0 Å². The van der Waals surface area contributed by atoms with Crippen LogP contribution in [0.4, 0.5) is 5.69 Å². The normalized spacial score (nSPS) is 9.50. The summed E-state index contributed by atoms with van der Waals surface area (Å²) in [6.07, 6.45) is 0.